The molecule has 2 fully saturated rings. The summed E-state index contributed by atoms with van der Waals surface area (Å²) < 4.78 is 27.2. The molecule has 0 spiro atoms. The number of aromatic nitrogens is 1. The van der Waals surface area contributed by atoms with Crippen LogP contribution in [0.15, 0.2) is 54.9 Å². The van der Waals surface area contributed by atoms with Crippen molar-refractivity contribution in [1.82, 2.24) is 9.88 Å². The van der Waals surface area contributed by atoms with Crippen molar-refractivity contribution in [3.8, 4) is 0 Å². The van der Waals surface area contributed by atoms with Crippen molar-refractivity contribution in [1.29, 1.82) is 0 Å². The van der Waals surface area contributed by atoms with Crippen LogP contribution in [0.4, 0.5) is 8.78 Å². The van der Waals surface area contributed by atoms with Gasteiger partial charge in [-0.3, -0.25) is 9.78 Å². The number of hydrogen-bond acceptors (Lipinski definition) is 2. The van der Waals surface area contributed by atoms with Crippen LogP contribution in [-0.2, 0) is 6.42 Å². The van der Waals surface area contributed by atoms with E-state index < -0.39 is 11.6 Å². The predicted octanol–water partition coefficient (Wildman–Crippen LogP) is 5.14. The van der Waals surface area contributed by atoms with Gasteiger partial charge in [0, 0.05) is 41.5 Å². The van der Waals surface area contributed by atoms with E-state index >= 15 is 0 Å². The number of nitrogens with zero attached hydrogens (tertiary/aromatic N) is 2. The van der Waals surface area contributed by atoms with Crippen molar-refractivity contribution in [3.05, 3.63) is 77.6 Å². The first kappa shape index (κ1) is 18.2. The monoisotopic (exact) mass is 392 g/mol. The summed E-state index contributed by atoms with van der Waals surface area (Å²) in [4.78, 5) is 19.2. The lowest BCUT2D eigenvalue weighted by Gasteiger charge is -2.39. The van der Waals surface area contributed by atoms with Crippen LogP contribution >= 0.6 is 0 Å². The molecule has 0 N–H and O–H groups in total. The first-order valence-corrected chi connectivity index (χ1v) is 10.2. The van der Waals surface area contributed by atoms with Gasteiger partial charge in [-0.25, -0.2) is 8.78 Å². The summed E-state index contributed by atoms with van der Waals surface area (Å²) in [5.41, 5.74) is 1.41. The van der Waals surface area contributed by atoms with Gasteiger partial charge in [-0.2, -0.15) is 0 Å². The highest BCUT2D eigenvalue weighted by Gasteiger charge is 2.43. The third-order valence-corrected chi connectivity index (χ3v) is 6.46. The molecular weight excluding hydrogens is 370 g/mol. The second-order valence-corrected chi connectivity index (χ2v) is 8.31. The van der Waals surface area contributed by atoms with Crippen LogP contribution in [0.5, 0.6) is 0 Å². The number of pyridine rings is 1. The molecular formula is C24H22F2N2O. The number of piperidine rings is 1. The second kappa shape index (κ2) is 7.21. The zero-order chi connectivity index (χ0) is 20.0. The van der Waals surface area contributed by atoms with E-state index in [1.54, 1.807) is 0 Å². The predicted molar refractivity (Wildman–Crippen MR) is 108 cm³/mol. The van der Waals surface area contributed by atoms with Gasteiger partial charge >= 0.3 is 0 Å². The minimum atomic E-state index is -0.708. The van der Waals surface area contributed by atoms with Gasteiger partial charge in [-0.15, -0.1) is 0 Å². The maximum Gasteiger partial charge on any atom is 0.254 e. The quantitative estimate of drug-likeness (QED) is 0.618. The van der Waals surface area contributed by atoms with Crippen molar-refractivity contribution in [3.63, 3.8) is 0 Å². The number of amides is 1. The fourth-order valence-electron chi connectivity index (χ4n) is 5.28. The van der Waals surface area contributed by atoms with Crippen LogP contribution in [0.1, 0.15) is 41.6 Å². The van der Waals surface area contributed by atoms with Crippen LogP contribution < -0.4 is 0 Å². The van der Waals surface area contributed by atoms with Crippen LogP contribution in [-0.4, -0.2) is 27.9 Å². The van der Waals surface area contributed by atoms with Gasteiger partial charge in [-0.1, -0.05) is 18.2 Å². The van der Waals surface area contributed by atoms with Gasteiger partial charge in [0.1, 0.15) is 11.6 Å². The average molecular weight is 392 g/mol. The summed E-state index contributed by atoms with van der Waals surface area (Å²) in [6.45, 7) is 0. The lowest BCUT2D eigenvalue weighted by Crippen LogP contribution is -2.47. The number of fused-ring (bicyclic) bond motifs is 3. The Morgan fingerprint density at radius 1 is 1.03 bits per heavy atom. The van der Waals surface area contributed by atoms with Crippen molar-refractivity contribution in [2.45, 2.75) is 44.2 Å². The molecule has 1 amide bonds. The van der Waals surface area contributed by atoms with E-state index in [1.807, 2.05) is 23.4 Å². The Labute approximate surface area is 168 Å². The molecule has 2 saturated heterocycles. The van der Waals surface area contributed by atoms with E-state index in [1.165, 1.54) is 16.3 Å². The molecule has 2 aromatic carbocycles. The van der Waals surface area contributed by atoms with E-state index in [4.69, 9.17) is 0 Å². The van der Waals surface area contributed by atoms with Crippen LogP contribution in [0, 0.1) is 17.6 Å². The van der Waals surface area contributed by atoms with E-state index in [9.17, 15) is 13.6 Å². The molecule has 2 bridgehead atoms. The maximum atomic E-state index is 13.6. The van der Waals surface area contributed by atoms with Crippen LogP contribution in [0.2, 0.25) is 0 Å². The molecule has 2 aliphatic rings. The first-order chi connectivity index (χ1) is 14.1. The SMILES string of the molecule is O=C(c1cc(F)cc(F)c1)N1C2CCC1CC(Cc1cccc3ccncc13)C2. The second-order valence-electron chi connectivity index (χ2n) is 8.31. The van der Waals surface area contributed by atoms with E-state index in [0.717, 1.165) is 50.3 Å². The minimum Gasteiger partial charge on any atom is -0.333 e. The lowest BCUT2D eigenvalue weighted by atomic mass is 9.84. The molecule has 29 heavy (non-hydrogen) atoms. The molecule has 0 saturated carbocycles. The Hall–Kier alpha value is -2.82. The van der Waals surface area contributed by atoms with Crippen molar-refractivity contribution >= 4 is 16.7 Å². The van der Waals surface area contributed by atoms with Crippen LogP contribution in [0.3, 0.4) is 0 Å². The Morgan fingerprint density at radius 3 is 2.48 bits per heavy atom. The number of halogens is 2. The fourth-order valence-corrected chi connectivity index (χ4v) is 5.28. The molecule has 5 heteroatoms. The lowest BCUT2D eigenvalue weighted by molar-refractivity contribution is 0.0524. The summed E-state index contributed by atoms with van der Waals surface area (Å²) >= 11 is 0. The Bertz CT molecular complexity index is 1040. The number of hydrogen-bond donors (Lipinski definition) is 0. The van der Waals surface area contributed by atoms with Gasteiger partial charge in [0.05, 0.1) is 0 Å². The maximum absolute atomic E-state index is 13.6. The van der Waals surface area contributed by atoms with E-state index in [0.29, 0.717) is 5.92 Å². The molecule has 2 atom stereocenters. The summed E-state index contributed by atoms with van der Waals surface area (Å²) in [6.07, 6.45) is 8.48. The molecule has 148 valence electrons. The van der Waals surface area contributed by atoms with Crippen LogP contribution in [0.25, 0.3) is 10.8 Å². The Morgan fingerprint density at radius 2 is 1.76 bits per heavy atom. The molecule has 3 aromatic rings. The van der Waals surface area contributed by atoms with Gasteiger partial charge in [0.25, 0.3) is 5.91 Å². The smallest absolute Gasteiger partial charge is 0.254 e. The standard InChI is InChI=1S/C24H22F2N2O/c25-19-11-18(12-20(26)13-19)24(29)28-21-4-5-22(28)10-15(9-21)8-17-3-1-2-16-6-7-27-14-23(16)17/h1-3,6-7,11-15,21-22H,4-5,8-10H2. The zero-order valence-corrected chi connectivity index (χ0v) is 16.0. The molecule has 2 aliphatic heterocycles. The Kier molecular flexibility index (Phi) is 4.53. The van der Waals surface area contributed by atoms with Gasteiger partial charge in [0.15, 0.2) is 0 Å². The van der Waals surface area contributed by atoms with Gasteiger partial charge in [0.2, 0.25) is 0 Å². The molecule has 5 rings (SSSR count). The molecule has 3 nitrogen and oxygen atoms in total. The van der Waals surface area contributed by atoms with E-state index in [-0.39, 0.29) is 23.6 Å². The Balaban J connectivity index is 1.35. The topological polar surface area (TPSA) is 33.2 Å². The third-order valence-electron chi connectivity index (χ3n) is 6.46. The summed E-state index contributed by atoms with van der Waals surface area (Å²) in [6, 6.07) is 11.8. The largest absolute Gasteiger partial charge is 0.333 e. The molecule has 0 aliphatic carbocycles. The van der Waals surface area contributed by atoms with Gasteiger partial charge < -0.3 is 4.90 Å². The fraction of sp³-hybridized carbons (Fsp3) is 0.333. The highest BCUT2D eigenvalue weighted by Crippen LogP contribution is 2.41. The van der Waals surface area contributed by atoms with Crippen molar-refractivity contribution < 1.29 is 13.6 Å². The zero-order valence-electron chi connectivity index (χ0n) is 16.0. The highest BCUT2D eigenvalue weighted by molar-refractivity contribution is 5.95. The molecule has 2 unspecified atom stereocenters. The molecule has 1 aromatic heterocycles. The summed E-state index contributed by atoms with van der Waals surface area (Å²) in [7, 11) is 0. The van der Waals surface area contributed by atoms with Gasteiger partial charge in [-0.05, 0) is 67.2 Å². The first-order valence-electron chi connectivity index (χ1n) is 10.2. The van der Waals surface area contributed by atoms with Crippen molar-refractivity contribution in [2.75, 3.05) is 0 Å². The minimum absolute atomic E-state index is 0.109. The summed E-state index contributed by atoms with van der Waals surface area (Å²) in [5, 5.41) is 2.39. The third kappa shape index (κ3) is 3.39. The normalized spacial score (nSPS) is 23.5. The number of benzene rings is 2. The molecule has 3 heterocycles. The molecule has 0 radical (unpaired) electrons. The number of rotatable bonds is 3. The highest BCUT2D eigenvalue weighted by atomic mass is 19.1. The van der Waals surface area contributed by atoms with Crippen molar-refractivity contribution in [2.24, 2.45) is 5.92 Å². The van der Waals surface area contributed by atoms with E-state index in [2.05, 4.69) is 23.2 Å². The average Bonchev–Trinajstić information content (AvgIpc) is 2.97. The summed E-state index contributed by atoms with van der Waals surface area (Å²) in [5.74, 6) is -1.17. The number of carbonyl (C=O) groups excluding carboxylic acids is 1. The number of carbonyl (C=O) groups is 1.